The van der Waals surface area contributed by atoms with E-state index in [0.29, 0.717) is 5.82 Å². The van der Waals surface area contributed by atoms with Gasteiger partial charge in [-0.2, -0.15) is 5.10 Å². The standard InChI is InChI=1S/C19H18FN3O/c20-15-8-5-12(6-9-15)14-7-10-16-17(11-14)22-23-18(16)21-19(24)13-3-1-2-4-13/h5-11,13H,1-4H2,(H2,21,22,23,24). The van der Waals surface area contributed by atoms with Gasteiger partial charge in [0.25, 0.3) is 0 Å². The molecular formula is C19H18FN3O. The molecule has 1 aliphatic rings. The minimum absolute atomic E-state index is 0.0588. The first-order valence-corrected chi connectivity index (χ1v) is 8.25. The van der Waals surface area contributed by atoms with Crippen LogP contribution in [0.15, 0.2) is 42.5 Å². The fourth-order valence-electron chi connectivity index (χ4n) is 3.34. The molecule has 0 radical (unpaired) electrons. The lowest BCUT2D eigenvalue weighted by molar-refractivity contribution is -0.119. The van der Waals surface area contributed by atoms with Crippen LogP contribution in [0.25, 0.3) is 22.0 Å². The summed E-state index contributed by atoms with van der Waals surface area (Å²) in [7, 11) is 0. The smallest absolute Gasteiger partial charge is 0.228 e. The zero-order chi connectivity index (χ0) is 16.5. The van der Waals surface area contributed by atoms with Crippen molar-refractivity contribution in [1.29, 1.82) is 0 Å². The Bertz CT molecular complexity index is 879. The van der Waals surface area contributed by atoms with Crippen LogP contribution in [0.3, 0.4) is 0 Å². The number of hydrogen-bond acceptors (Lipinski definition) is 2. The highest BCUT2D eigenvalue weighted by molar-refractivity contribution is 6.01. The summed E-state index contributed by atoms with van der Waals surface area (Å²) in [5.41, 5.74) is 2.75. The molecule has 1 saturated carbocycles. The molecule has 0 aliphatic heterocycles. The Morgan fingerprint density at radius 1 is 1.08 bits per heavy atom. The fraction of sp³-hybridized carbons (Fsp3) is 0.263. The summed E-state index contributed by atoms with van der Waals surface area (Å²) in [6.07, 6.45) is 4.17. The summed E-state index contributed by atoms with van der Waals surface area (Å²) in [6.45, 7) is 0. The van der Waals surface area contributed by atoms with Gasteiger partial charge in [0.15, 0.2) is 5.82 Å². The number of H-pyrrole nitrogens is 1. The van der Waals surface area contributed by atoms with Crippen molar-refractivity contribution in [2.24, 2.45) is 5.92 Å². The second kappa shape index (κ2) is 6.07. The number of benzene rings is 2. The molecule has 0 unspecified atom stereocenters. The SMILES string of the molecule is O=C(Nc1n[nH]c2cc(-c3ccc(F)cc3)ccc12)C1CCCC1. The first-order chi connectivity index (χ1) is 11.7. The Morgan fingerprint density at radius 3 is 2.54 bits per heavy atom. The van der Waals surface area contributed by atoms with Gasteiger partial charge in [-0.15, -0.1) is 0 Å². The van der Waals surface area contributed by atoms with Gasteiger partial charge in [0, 0.05) is 11.3 Å². The number of nitrogens with one attached hydrogen (secondary N) is 2. The molecular weight excluding hydrogens is 305 g/mol. The summed E-state index contributed by atoms with van der Waals surface area (Å²) in [5, 5.41) is 11.0. The molecule has 2 N–H and O–H groups in total. The van der Waals surface area contributed by atoms with Crippen LogP contribution >= 0.6 is 0 Å². The third-order valence-electron chi connectivity index (χ3n) is 4.71. The van der Waals surface area contributed by atoms with Gasteiger partial charge in [0.1, 0.15) is 5.82 Å². The Labute approximate surface area is 139 Å². The molecule has 0 atom stereocenters. The molecule has 1 aliphatic carbocycles. The highest BCUT2D eigenvalue weighted by Gasteiger charge is 2.23. The first kappa shape index (κ1) is 14.9. The van der Waals surface area contributed by atoms with Gasteiger partial charge in [0.2, 0.25) is 5.91 Å². The van der Waals surface area contributed by atoms with E-state index in [9.17, 15) is 9.18 Å². The van der Waals surface area contributed by atoms with E-state index in [-0.39, 0.29) is 17.6 Å². The Balaban J connectivity index is 1.60. The van der Waals surface area contributed by atoms with E-state index in [1.54, 1.807) is 12.1 Å². The number of rotatable bonds is 3. The maximum Gasteiger partial charge on any atom is 0.228 e. The monoisotopic (exact) mass is 323 g/mol. The van der Waals surface area contributed by atoms with Crippen LogP contribution in [0.1, 0.15) is 25.7 Å². The molecule has 1 aromatic heterocycles. The van der Waals surface area contributed by atoms with E-state index in [4.69, 9.17) is 0 Å². The van der Waals surface area contributed by atoms with E-state index in [0.717, 1.165) is 47.7 Å². The lowest BCUT2D eigenvalue weighted by Crippen LogP contribution is -2.20. The number of fused-ring (bicyclic) bond motifs is 1. The Kier molecular flexibility index (Phi) is 3.76. The predicted octanol–water partition coefficient (Wildman–Crippen LogP) is 4.50. The molecule has 0 saturated heterocycles. The lowest BCUT2D eigenvalue weighted by atomic mass is 10.0. The molecule has 5 heteroatoms. The van der Waals surface area contributed by atoms with Gasteiger partial charge in [-0.3, -0.25) is 9.89 Å². The molecule has 1 amide bonds. The molecule has 4 nitrogen and oxygen atoms in total. The van der Waals surface area contributed by atoms with E-state index in [1.807, 2.05) is 18.2 Å². The van der Waals surface area contributed by atoms with Gasteiger partial charge >= 0.3 is 0 Å². The number of hydrogen-bond donors (Lipinski definition) is 2. The van der Waals surface area contributed by atoms with Crippen LogP contribution < -0.4 is 5.32 Å². The van der Waals surface area contributed by atoms with Crippen LogP contribution in [-0.2, 0) is 4.79 Å². The van der Waals surface area contributed by atoms with Crippen LogP contribution in [0.4, 0.5) is 10.2 Å². The Hall–Kier alpha value is -2.69. The van der Waals surface area contributed by atoms with E-state index < -0.39 is 0 Å². The molecule has 1 heterocycles. The van der Waals surface area contributed by atoms with Crippen molar-refractivity contribution in [2.75, 3.05) is 5.32 Å². The van der Waals surface area contributed by atoms with Gasteiger partial charge in [-0.25, -0.2) is 4.39 Å². The van der Waals surface area contributed by atoms with Crippen molar-refractivity contribution in [3.63, 3.8) is 0 Å². The third-order valence-corrected chi connectivity index (χ3v) is 4.71. The average Bonchev–Trinajstić information content (AvgIpc) is 3.25. The predicted molar refractivity (Wildman–Crippen MR) is 92.1 cm³/mol. The highest BCUT2D eigenvalue weighted by atomic mass is 19.1. The number of carbonyl (C=O) groups is 1. The summed E-state index contributed by atoms with van der Waals surface area (Å²) in [5.74, 6) is 0.490. The molecule has 122 valence electrons. The molecule has 4 rings (SSSR count). The molecule has 3 aromatic rings. The van der Waals surface area contributed by atoms with Gasteiger partial charge in [0.05, 0.1) is 5.52 Å². The maximum absolute atomic E-state index is 13.1. The van der Waals surface area contributed by atoms with Crippen LogP contribution in [0, 0.1) is 11.7 Å². The highest BCUT2D eigenvalue weighted by Crippen LogP contribution is 2.29. The number of carbonyl (C=O) groups excluding carboxylic acids is 1. The first-order valence-electron chi connectivity index (χ1n) is 8.25. The van der Waals surface area contributed by atoms with Crippen LogP contribution in [-0.4, -0.2) is 16.1 Å². The third kappa shape index (κ3) is 2.77. The number of aromatic nitrogens is 2. The topological polar surface area (TPSA) is 57.8 Å². The van der Waals surface area contributed by atoms with Gasteiger partial charge in [-0.05, 0) is 48.2 Å². The zero-order valence-electron chi connectivity index (χ0n) is 13.2. The minimum Gasteiger partial charge on any atom is -0.308 e. The largest absolute Gasteiger partial charge is 0.308 e. The summed E-state index contributed by atoms with van der Waals surface area (Å²) in [4.78, 5) is 12.3. The zero-order valence-corrected chi connectivity index (χ0v) is 13.2. The molecule has 0 bridgehead atoms. The Morgan fingerprint density at radius 2 is 1.79 bits per heavy atom. The average molecular weight is 323 g/mol. The summed E-state index contributed by atoms with van der Waals surface area (Å²) >= 11 is 0. The van der Waals surface area contributed by atoms with Crippen molar-refractivity contribution in [1.82, 2.24) is 10.2 Å². The number of anilines is 1. The van der Waals surface area contributed by atoms with Crippen molar-refractivity contribution in [3.8, 4) is 11.1 Å². The number of halogens is 1. The van der Waals surface area contributed by atoms with Crippen molar-refractivity contribution < 1.29 is 9.18 Å². The number of amides is 1. The van der Waals surface area contributed by atoms with Crippen molar-refractivity contribution in [3.05, 3.63) is 48.3 Å². The van der Waals surface area contributed by atoms with E-state index in [2.05, 4.69) is 15.5 Å². The fourth-order valence-corrected chi connectivity index (χ4v) is 3.34. The van der Waals surface area contributed by atoms with Crippen molar-refractivity contribution >= 4 is 22.6 Å². The van der Waals surface area contributed by atoms with Gasteiger partial charge < -0.3 is 5.32 Å². The molecule has 1 fully saturated rings. The van der Waals surface area contributed by atoms with E-state index >= 15 is 0 Å². The number of nitrogens with zero attached hydrogens (tertiary/aromatic N) is 1. The second-order valence-corrected chi connectivity index (χ2v) is 6.31. The molecule has 0 spiro atoms. The van der Waals surface area contributed by atoms with Crippen molar-refractivity contribution in [2.45, 2.75) is 25.7 Å². The van der Waals surface area contributed by atoms with Crippen LogP contribution in [0.5, 0.6) is 0 Å². The number of aromatic amines is 1. The summed E-state index contributed by atoms with van der Waals surface area (Å²) in [6, 6.07) is 12.2. The summed E-state index contributed by atoms with van der Waals surface area (Å²) < 4.78 is 13.1. The molecule has 2 aromatic carbocycles. The second-order valence-electron chi connectivity index (χ2n) is 6.31. The molecule has 24 heavy (non-hydrogen) atoms. The maximum atomic E-state index is 13.1. The quantitative estimate of drug-likeness (QED) is 0.745. The minimum atomic E-state index is -0.252. The van der Waals surface area contributed by atoms with Gasteiger partial charge in [-0.1, -0.05) is 31.0 Å². The lowest BCUT2D eigenvalue weighted by Gasteiger charge is -2.08. The van der Waals surface area contributed by atoms with Crippen LogP contribution in [0.2, 0.25) is 0 Å². The van der Waals surface area contributed by atoms with E-state index in [1.165, 1.54) is 12.1 Å². The normalized spacial score (nSPS) is 15.0.